The average Bonchev–Trinajstić information content (AvgIpc) is 2.43. The largest absolute Gasteiger partial charge is 0.478 e. The third-order valence-corrected chi connectivity index (χ3v) is 2.90. The van der Waals surface area contributed by atoms with E-state index in [4.69, 9.17) is 10.00 Å². The lowest BCUT2D eigenvalue weighted by Gasteiger charge is -2.09. The molecule has 0 atom stereocenters. The van der Waals surface area contributed by atoms with Gasteiger partial charge in [0.25, 0.3) is 0 Å². The van der Waals surface area contributed by atoms with Crippen molar-refractivity contribution in [2.24, 2.45) is 0 Å². The smallest absolute Gasteiger partial charge is 0.213 e. The third kappa shape index (κ3) is 3.46. The van der Waals surface area contributed by atoms with E-state index in [1.165, 1.54) is 0 Å². The van der Waals surface area contributed by atoms with E-state index in [-0.39, 0.29) is 0 Å². The summed E-state index contributed by atoms with van der Waals surface area (Å²) in [5.41, 5.74) is 2.13. The van der Waals surface area contributed by atoms with Crippen molar-refractivity contribution >= 4 is 27.3 Å². The van der Waals surface area contributed by atoms with Gasteiger partial charge in [-0.3, -0.25) is 0 Å². The molecule has 5 heteroatoms. The maximum Gasteiger partial charge on any atom is 0.213 e. The molecular formula is C14H12BrN3O. The first-order chi connectivity index (χ1) is 9.22. The number of nitrogens with zero attached hydrogens (tertiary/aromatic N) is 2. The van der Waals surface area contributed by atoms with Crippen molar-refractivity contribution in [3.05, 3.63) is 46.6 Å². The van der Waals surface area contributed by atoms with Crippen molar-refractivity contribution in [3.8, 4) is 11.9 Å². The SMILES string of the molecule is CCOc1ccc(Nc2ccc(Br)cc2C#N)cn1. The van der Waals surface area contributed by atoms with Gasteiger partial charge < -0.3 is 10.1 Å². The molecule has 2 aromatic rings. The van der Waals surface area contributed by atoms with Crippen molar-refractivity contribution in [2.45, 2.75) is 6.92 Å². The van der Waals surface area contributed by atoms with Crippen LogP contribution in [0.1, 0.15) is 12.5 Å². The highest BCUT2D eigenvalue weighted by Gasteiger charge is 2.03. The first-order valence-electron chi connectivity index (χ1n) is 5.78. The van der Waals surface area contributed by atoms with Crippen LogP contribution in [0.15, 0.2) is 41.0 Å². The Morgan fingerprint density at radius 1 is 1.37 bits per heavy atom. The Balaban J connectivity index is 2.19. The fourth-order valence-corrected chi connectivity index (χ4v) is 1.92. The molecule has 0 amide bonds. The fraction of sp³-hybridized carbons (Fsp3) is 0.143. The van der Waals surface area contributed by atoms with Gasteiger partial charge in [-0.25, -0.2) is 4.98 Å². The Hall–Kier alpha value is -2.06. The van der Waals surface area contributed by atoms with Gasteiger partial charge in [0, 0.05) is 10.5 Å². The van der Waals surface area contributed by atoms with Gasteiger partial charge >= 0.3 is 0 Å². The minimum Gasteiger partial charge on any atom is -0.478 e. The third-order valence-electron chi connectivity index (χ3n) is 2.41. The van der Waals surface area contributed by atoms with Crippen molar-refractivity contribution in [3.63, 3.8) is 0 Å². The Labute approximate surface area is 120 Å². The van der Waals surface area contributed by atoms with Crippen LogP contribution in [0, 0.1) is 11.3 Å². The normalized spacial score (nSPS) is 9.74. The Morgan fingerprint density at radius 3 is 2.84 bits per heavy atom. The molecule has 0 aliphatic heterocycles. The molecule has 0 unspecified atom stereocenters. The molecule has 1 aromatic carbocycles. The Bertz CT molecular complexity index is 605. The van der Waals surface area contributed by atoms with Crippen molar-refractivity contribution < 1.29 is 4.74 Å². The monoisotopic (exact) mass is 317 g/mol. The zero-order chi connectivity index (χ0) is 13.7. The second kappa shape index (κ2) is 6.21. The number of aromatic nitrogens is 1. The first kappa shape index (κ1) is 13.4. The van der Waals surface area contributed by atoms with E-state index in [9.17, 15) is 0 Å². The standard InChI is InChI=1S/C14H12BrN3O/c1-2-19-14-6-4-12(9-17-14)18-13-5-3-11(15)7-10(13)8-16/h3-7,9,18H,2H2,1H3. The van der Waals surface area contributed by atoms with Gasteiger partial charge in [-0.15, -0.1) is 0 Å². The number of ether oxygens (including phenoxy) is 1. The van der Waals surface area contributed by atoms with E-state index in [1.54, 1.807) is 18.3 Å². The summed E-state index contributed by atoms with van der Waals surface area (Å²) in [6, 6.07) is 11.3. The molecule has 0 radical (unpaired) electrons. The molecule has 0 aliphatic rings. The van der Waals surface area contributed by atoms with Crippen LogP contribution in [-0.4, -0.2) is 11.6 Å². The van der Waals surface area contributed by atoms with E-state index < -0.39 is 0 Å². The van der Waals surface area contributed by atoms with Crippen LogP contribution < -0.4 is 10.1 Å². The van der Waals surface area contributed by atoms with E-state index in [1.807, 2.05) is 25.1 Å². The van der Waals surface area contributed by atoms with Crippen LogP contribution in [0.4, 0.5) is 11.4 Å². The summed E-state index contributed by atoms with van der Waals surface area (Å²) in [7, 11) is 0. The number of anilines is 2. The minimum absolute atomic E-state index is 0.572. The summed E-state index contributed by atoms with van der Waals surface area (Å²) < 4.78 is 6.15. The van der Waals surface area contributed by atoms with Crippen LogP contribution in [0.5, 0.6) is 5.88 Å². The van der Waals surface area contributed by atoms with E-state index in [2.05, 4.69) is 32.3 Å². The molecule has 1 heterocycles. The van der Waals surface area contributed by atoms with Gasteiger partial charge in [-0.1, -0.05) is 15.9 Å². The van der Waals surface area contributed by atoms with Gasteiger partial charge in [-0.05, 0) is 31.2 Å². The zero-order valence-corrected chi connectivity index (χ0v) is 11.9. The van der Waals surface area contributed by atoms with Gasteiger partial charge in [-0.2, -0.15) is 5.26 Å². The minimum atomic E-state index is 0.572. The molecule has 0 aliphatic carbocycles. The molecule has 1 N–H and O–H groups in total. The highest BCUT2D eigenvalue weighted by Crippen LogP contribution is 2.24. The summed E-state index contributed by atoms with van der Waals surface area (Å²) >= 11 is 3.34. The number of halogens is 1. The number of benzene rings is 1. The van der Waals surface area contributed by atoms with Crippen LogP contribution in [0.2, 0.25) is 0 Å². The summed E-state index contributed by atoms with van der Waals surface area (Å²) in [6.07, 6.45) is 1.67. The molecule has 19 heavy (non-hydrogen) atoms. The number of nitrogens with one attached hydrogen (secondary N) is 1. The number of rotatable bonds is 4. The van der Waals surface area contributed by atoms with Crippen molar-refractivity contribution in [2.75, 3.05) is 11.9 Å². The summed E-state index contributed by atoms with van der Waals surface area (Å²) in [5, 5.41) is 12.2. The summed E-state index contributed by atoms with van der Waals surface area (Å²) in [5.74, 6) is 0.587. The van der Waals surface area contributed by atoms with Crippen LogP contribution in [0.25, 0.3) is 0 Å². The average molecular weight is 318 g/mol. The predicted octanol–water partition coefficient (Wildman–Crippen LogP) is 3.86. The molecular weight excluding hydrogens is 306 g/mol. The highest BCUT2D eigenvalue weighted by molar-refractivity contribution is 9.10. The fourth-order valence-electron chi connectivity index (χ4n) is 1.56. The molecule has 1 aromatic heterocycles. The lowest BCUT2D eigenvalue weighted by Crippen LogP contribution is -1.97. The lowest BCUT2D eigenvalue weighted by atomic mass is 10.2. The Morgan fingerprint density at radius 2 is 2.21 bits per heavy atom. The van der Waals surface area contributed by atoms with Crippen molar-refractivity contribution in [1.29, 1.82) is 5.26 Å². The van der Waals surface area contributed by atoms with Crippen LogP contribution >= 0.6 is 15.9 Å². The highest BCUT2D eigenvalue weighted by atomic mass is 79.9. The number of hydrogen-bond acceptors (Lipinski definition) is 4. The number of hydrogen-bond donors (Lipinski definition) is 1. The maximum atomic E-state index is 9.09. The van der Waals surface area contributed by atoms with Crippen LogP contribution in [0.3, 0.4) is 0 Å². The molecule has 96 valence electrons. The van der Waals surface area contributed by atoms with E-state index in [0.717, 1.165) is 15.8 Å². The molecule has 0 saturated carbocycles. The summed E-state index contributed by atoms with van der Waals surface area (Å²) in [6.45, 7) is 2.50. The van der Waals surface area contributed by atoms with Gasteiger partial charge in [0.05, 0.1) is 29.7 Å². The number of nitriles is 1. The van der Waals surface area contributed by atoms with Gasteiger partial charge in [0.1, 0.15) is 6.07 Å². The second-order valence-corrected chi connectivity index (χ2v) is 4.66. The summed E-state index contributed by atoms with van der Waals surface area (Å²) in [4.78, 5) is 4.16. The molecule has 0 fully saturated rings. The molecule has 0 bridgehead atoms. The topological polar surface area (TPSA) is 57.9 Å². The molecule has 4 nitrogen and oxygen atoms in total. The van der Waals surface area contributed by atoms with Gasteiger partial charge in [0.2, 0.25) is 5.88 Å². The Kier molecular flexibility index (Phi) is 4.37. The zero-order valence-electron chi connectivity index (χ0n) is 10.4. The first-order valence-corrected chi connectivity index (χ1v) is 6.57. The molecule has 2 rings (SSSR count). The van der Waals surface area contributed by atoms with E-state index >= 15 is 0 Å². The molecule has 0 saturated heterocycles. The second-order valence-electron chi connectivity index (χ2n) is 3.74. The maximum absolute atomic E-state index is 9.09. The lowest BCUT2D eigenvalue weighted by molar-refractivity contribution is 0.327. The van der Waals surface area contributed by atoms with Crippen LogP contribution in [-0.2, 0) is 0 Å². The predicted molar refractivity (Wildman–Crippen MR) is 77.5 cm³/mol. The molecule has 0 spiro atoms. The van der Waals surface area contributed by atoms with Gasteiger partial charge in [0.15, 0.2) is 0 Å². The quantitative estimate of drug-likeness (QED) is 0.930. The van der Waals surface area contributed by atoms with E-state index in [0.29, 0.717) is 18.1 Å². The number of pyridine rings is 1. The van der Waals surface area contributed by atoms with Crippen molar-refractivity contribution in [1.82, 2.24) is 4.98 Å².